The molecule has 0 bridgehead atoms. The van der Waals surface area contributed by atoms with E-state index in [4.69, 9.17) is 4.74 Å². The van der Waals surface area contributed by atoms with Gasteiger partial charge in [-0.1, -0.05) is 6.07 Å². The topological polar surface area (TPSA) is 81.7 Å². The minimum Gasteiger partial charge on any atom is -0.442 e. The van der Waals surface area contributed by atoms with Gasteiger partial charge in [0.05, 0.1) is 11.2 Å². The van der Waals surface area contributed by atoms with Gasteiger partial charge in [0.15, 0.2) is 0 Å². The summed E-state index contributed by atoms with van der Waals surface area (Å²) < 4.78 is 8.87. The molecule has 0 spiro atoms. The van der Waals surface area contributed by atoms with Crippen molar-refractivity contribution in [2.45, 2.75) is 83.4 Å². The Morgan fingerprint density at radius 1 is 1.08 bits per heavy atom. The van der Waals surface area contributed by atoms with Crippen molar-refractivity contribution in [3.8, 4) is 0 Å². The van der Waals surface area contributed by atoms with Crippen LogP contribution in [0.1, 0.15) is 74.5 Å². The van der Waals surface area contributed by atoms with Crippen LogP contribution >= 0.6 is 0 Å². The zero-order chi connectivity index (χ0) is 25.7. The van der Waals surface area contributed by atoms with Gasteiger partial charge in [0.2, 0.25) is 0 Å². The minimum atomic E-state index is -0.582. The molecule has 3 aliphatic rings. The summed E-state index contributed by atoms with van der Waals surface area (Å²) in [6.07, 6.45) is 13.7. The minimum absolute atomic E-state index is 0.0757. The number of aryl methyl sites for hydroxylation is 1. The normalized spacial score (nSPS) is 19.4. The standard InChI is InChI=1S/C29H33N5O3/c1-29(2,3)37-28(36)33-18-19-17-21(12-13-24(19)31-33)34(20-10-11-20)27(35)23-7-6-8-25-22(23)14-16-32(25)26-9-4-5-15-30-26/h6-9,14-16,18,20-21H,4-5,10-13,17H2,1-3H3. The summed E-state index contributed by atoms with van der Waals surface area (Å²) in [6.45, 7) is 5.53. The first kappa shape index (κ1) is 23.7. The third-order valence-corrected chi connectivity index (χ3v) is 7.25. The Hall–Kier alpha value is -3.68. The molecule has 1 aromatic carbocycles. The number of aromatic nitrogens is 3. The van der Waals surface area contributed by atoms with E-state index in [0.717, 1.165) is 72.1 Å². The fourth-order valence-corrected chi connectivity index (χ4v) is 5.46. The summed E-state index contributed by atoms with van der Waals surface area (Å²) in [5, 5.41) is 5.45. The van der Waals surface area contributed by atoms with Gasteiger partial charge in [-0.15, -0.1) is 0 Å². The van der Waals surface area contributed by atoms with Crippen LogP contribution in [0.4, 0.5) is 4.79 Å². The molecule has 0 N–H and O–H groups in total. The smallest absolute Gasteiger partial charge is 0.435 e. The van der Waals surface area contributed by atoms with E-state index in [2.05, 4.69) is 31.7 Å². The lowest BCUT2D eigenvalue weighted by atomic mass is 9.91. The van der Waals surface area contributed by atoms with Crippen LogP contribution in [0.3, 0.4) is 0 Å². The molecule has 8 heteroatoms. The van der Waals surface area contributed by atoms with Gasteiger partial charge in [0.25, 0.3) is 5.91 Å². The molecule has 8 nitrogen and oxygen atoms in total. The molecule has 2 aliphatic carbocycles. The van der Waals surface area contributed by atoms with E-state index in [-0.39, 0.29) is 18.0 Å². The number of fused-ring (bicyclic) bond motifs is 2. The maximum atomic E-state index is 14.1. The number of hydrogen-bond acceptors (Lipinski definition) is 5. The SMILES string of the molecule is CC(C)(C)OC(=O)n1cc2c(n1)CCC(N(C(=O)c1cccc3c1ccn3C1=CCCC=N1)C1CC1)C2. The molecule has 1 aliphatic heterocycles. The van der Waals surface area contributed by atoms with Crippen molar-refractivity contribution in [3.63, 3.8) is 0 Å². The van der Waals surface area contributed by atoms with Crippen molar-refractivity contribution >= 4 is 34.9 Å². The number of benzene rings is 1. The molecule has 1 saturated carbocycles. The molecule has 1 unspecified atom stereocenters. The van der Waals surface area contributed by atoms with Crippen molar-refractivity contribution in [1.29, 1.82) is 0 Å². The Morgan fingerprint density at radius 2 is 1.92 bits per heavy atom. The Labute approximate surface area is 216 Å². The highest BCUT2D eigenvalue weighted by molar-refractivity contribution is 6.07. The van der Waals surface area contributed by atoms with E-state index in [1.807, 2.05) is 51.4 Å². The van der Waals surface area contributed by atoms with Crippen LogP contribution in [0.5, 0.6) is 0 Å². The molecular formula is C29H33N5O3. The van der Waals surface area contributed by atoms with Crippen LogP contribution in [-0.2, 0) is 17.6 Å². The number of aliphatic imine (C=N–C) groups is 1. The summed E-state index contributed by atoms with van der Waals surface area (Å²) in [6, 6.07) is 8.33. The van der Waals surface area contributed by atoms with E-state index in [1.54, 1.807) is 6.20 Å². The van der Waals surface area contributed by atoms with Crippen LogP contribution < -0.4 is 0 Å². The third-order valence-electron chi connectivity index (χ3n) is 7.25. The van der Waals surface area contributed by atoms with Gasteiger partial charge in [-0.3, -0.25) is 4.79 Å². The average molecular weight is 500 g/mol. The van der Waals surface area contributed by atoms with Gasteiger partial charge in [0, 0.05) is 41.6 Å². The first-order chi connectivity index (χ1) is 17.8. The van der Waals surface area contributed by atoms with E-state index in [9.17, 15) is 9.59 Å². The summed E-state index contributed by atoms with van der Waals surface area (Å²) >= 11 is 0. The lowest BCUT2D eigenvalue weighted by molar-refractivity contribution is 0.0513. The number of hydrogen-bond donors (Lipinski definition) is 0. The van der Waals surface area contributed by atoms with Crippen molar-refractivity contribution < 1.29 is 14.3 Å². The fraction of sp³-hybridized carbons (Fsp3) is 0.448. The highest BCUT2D eigenvalue weighted by Crippen LogP contribution is 2.36. The third kappa shape index (κ3) is 4.61. The van der Waals surface area contributed by atoms with E-state index >= 15 is 0 Å². The van der Waals surface area contributed by atoms with Crippen LogP contribution in [0.2, 0.25) is 0 Å². The Bertz CT molecular complexity index is 1430. The van der Waals surface area contributed by atoms with Gasteiger partial charge in [-0.05, 0) is 95.6 Å². The Morgan fingerprint density at radius 3 is 2.65 bits per heavy atom. The van der Waals surface area contributed by atoms with E-state index in [1.165, 1.54) is 4.68 Å². The predicted octanol–water partition coefficient (Wildman–Crippen LogP) is 5.45. The van der Waals surface area contributed by atoms with Crippen molar-refractivity contribution in [2.24, 2.45) is 4.99 Å². The van der Waals surface area contributed by atoms with Gasteiger partial charge >= 0.3 is 6.09 Å². The first-order valence-corrected chi connectivity index (χ1v) is 13.2. The van der Waals surface area contributed by atoms with E-state index in [0.29, 0.717) is 6.42 Å². The molecule has 2 aromatic heterocycles. The summed E-state index contributed by atoms with van der Waals surface area (Å²) in [5.41, 5.74) is 3.09. The Kier molecular flexibility index (Phi) is 5.77. The molecule has 1 amide bonds. The summed E-state index contributed by atoms with van der Waals surface area (Å²) in [7, 11) is 0. The average Bonchev–Trinajstić information content (AvgIpc) is 3.45. The second-order valence-corrected chi connectivity index (χ2v) is 11.2. The van der Waals surface area contributed by atoms with Crippen LogP contribution in [-0.4, -0.2) is 55.1 Å². The molecule has 1 atom stereocenters. The molecule has 37 heavy (non-hydrogen) atoms. The largest absolute Gasteiger partial charge is 0.442 e. The number of allylic oxidation sites excluding steroid dienone is 1. The van der Waals surface area contributed by atoms with Crippen molar-refractivity contribution in [3.05, 3.63) is 59.6 Å². The van der Waals surface area contributed by atoms with Gasteiger partial charge in [-0.25, -0.2) is 9.79 Å². The van der Waals surface area contributed by atoms with Gasteiger partial charge in [0.1, 0.15) is 11.4 Å². The maximum Gasteiger partial charge on any atom is 0.435 e. The molecule has 192 valence electrons. The quantitative estimate of drug-likeness (QED) is 0.478. The van der Waals surface area contributed by atoms with E-state index < -0.39 is 11.7 Å². The maximum absolute atomic E-state index is 14.1. The molecule has 3 heterocycles. The molecule has 0 saturated heterocycles. The second kappa shape index (κ2) is 9.01. The first-order valence-electron chi connectivity index (χ1n) is 13.2. The zero-order valence-corrected chi connectivity index (χ0v) is 21.7. The van der Waals surface area contributed by atoms with Crippen molar-refractivity contribution in [2.75, 3.05) is 0 Å². The summed E-state index contributed by atoms with van der Waals surface area (Å²) in [5.74, 6) is 0.992. The molecule has 1 fully saturated rings. The highest BCUT2D eigenvalue weighted by atomic mass is 16.6. The zero-order valence-electron chi connectivity index (χ0n) is 21.7. The molecule has 6 rings (SSSR count). The number of nitrogens with zero attached hydrogens (tertiary/aromatic N) is 5. The number of amides is 1. The molecular weight excluding hydrogens is 466 g/mol. The molecule has 0 radical (unpaired) electrons. The number of ether oxygens (including phenoxy) is 1. The van der Waals surface area contributed by atoms with Crippen molar-refractivity contribution in [1.82, 2.24) is 19.2 Å². The number of rotatable bonds is 4. The second-order valence-electron chi connectivity index (χ2n) is 11.2. The monoisotopic (exact) mass is 499 g/mol. The highest BCUT2D eigenvalue weighted by Gasteiger charge is 2.40. The summed E-state index contributed by atoms with van der Waals surface area (Å²) in [4.78, 5) is 33.3. The Balaban J connectivity index is 1.27. The lowest BCUT2D eigenvalue weighted by Crippen LogP contribution is -2.44. The van der Waals surface area contributed by atoms with Crippen LogP contribution in [0.25, 0.3) is 16.7 Å². The van der Waals surface area contributed by atoms with Crippen LogP contribution in [0, 0.1) is 0 Å². The molecule has 3 aromatic rings. The number of carbonyl (C=O) groups excluding carboxylic acids is 2. The fourth-order valence-electron chi connectivity index (χ4n) is 5.46. The number of carbonyl (C=O) groups is 2. The van der Waals surface area contributed by atoms with Crippen LogP contribution in [0.15, 0.2) is 47.7 Å². The van der Waals surface area contributed by atoms with Gasteiger partial charge in [-0.2, -0.15) is 9.78 Å². The lowest BCUT2D eigenvalue weighted by Gasteiger charge is -2.34. The predicted molar refractivity (Wildman–Crippen MR) is 143 cm³/mol. The van der Waals surface area contributed by atoms with Gasteiger partial charge < -0.3 is 14.2 Å².